The van der Waals surface area contributed by atoms with Gasteiger partial charge in [-0.15, -0.1) is 23.1 Å². The Kier molecular flexibility index (Phi) is 7.55. The van der Waals surface area contributed by atoms with Gasteiger partial charge in [-0.3, -0.25) is 9.69 Å². The van der Waals surface area contributed by atoms with E-state index in [4.69, 9.17) is 0 Å². The van der Waals surface area contributed by atoms with E-state index in [1.165, 1.54) is 16.1 Å². The summed E-state index contributed by atoms with van der Waals surface area (Å²) in [5, 5.41) is 3.26. The Morgan fingerprint density at radius 1 is 1.03 bits per heavy atom. The molecule has 4 nitrogen and oxygen atoms in total. The van der Waals surface area contributed by atoms with Gasteiger partial charge in [0.15, 0.2) is 0 Å². The van der Waals surface area contributed by atoms with E-state index in [0.717, 1.165) is 47.8 Å². The third kappa shape index (κ3) is 5.74. The van der Waals surface area contributed by atoms with Gasteiger partial charge in [-0.05, 0) is 66.6 Å². The van der Waals surface area contributed by atoms with E-state index in [1.807, 2.05) is 20.2 Å². The number of likely N-dealkylation sites (tertiary alicyclic amines) is 1. The van der Waals surface area contributed by atoms with Crippen LogP contribution in [0.2, 0.25) is 0 Å². The fourth-order valence-electron chi connectivity index (χ4n) is 4.02. The Morgan fingerprint density at radius 2 is 1.72 bits per heavy atom. The number of benzene rings is 2. The fraction of sp³-hybridized carbons (Fsp3) is 0.346. The zero-order valence-corrected chi connectivity index (χ0v) is 20.6. The minimum atomic E-state index is 0.0530. The fourth-order valence-corrected chi connectivity index (χ4v) is 5.34. The molecule has 2 aromatic carbocycles. The molecule has 1 amide bonds. The van der Waals surface area contributed by atoms with Gasteiger partial charge < -0.3 is 10.2 Å². The molecule has 1 aliphatic heterocycles. The predicted molar refractivity (Wildman–Crippen MR) is 138 cm³/mol. The number of carbonyl (C=O) groups is 1. The summed E-state index contributed by atoms with van der Waals surface area (Å²) in [5.41, 5.74) is 3.68. The quantitative estimate of drug-likeness (QED) is 0.461. The SMILES string of the molecule is CSc1ccc(CN2CCC(NC(=O)c3ccc(-c4ccc(N(C)C)cc4)s3)CC2)cc1. The van der Waals surface area contributed by atoms with Crippen LogP contribution in [0.4, 0.5) is 5.69 Å². The van der Waals surface area contributed by atoms with Crippen molar-refractivity contribution < 1.29 is 4.79 Å². The molecule has 3 aromatic rings. The molecular weight excluding hydrogens is 434 g/mol. The average molecular weight is 466 g/mol. The van der Waals surface area contributed by atoms with Crippen molar-refractivity contribution in [3.63, 3.8) is 0 Å². The molecule has 2 heterocycles. The maximum absolute atomic E-state index is 12.8. The van der Waals surface area contributed by atoms with Crippen LogP contribution in [0.3, 0.4) is 0 Å². The summed E-state index contributed by atoms with van der Waals surface area (Å²) >= 11 is 3.34. The lowest BCUT2D eigenvalue weighted by Gasteiger charge is -2.32. The number of nitrogens with zero attached hydrogens (tertiary/aromatic N) is 2. The van der Waals surface area contributed by atoms with Crippen LogP contribution in [0.25, 0.3) is 10.4 Å². The Hall–Kier alpha value is -2.28. The van der Waals surface area contributed by atoms with E-state index in [9.17, 15) is 4.79 Å². The Balaban J connectivity index is 1.27. The molecular formula is C26H31N3OS2. The average Bonchev–Trinajstić information content (AvgIpc) is 3.31. The Labute approximate surface area is 199 Å². The highest BCUT2D eigenvalue weighted by atomic mass is 32.2. The number of anilines is 1. The maximum Gasteiger partial charge on any atom is 0.261 e. The number of piperidine rings is 1. The second-order valence-electron chi connectivity index (χ2n) is 8.48. The highest BCUT2D eigenvalue weighted by molar-refractivity contribution is 7.98. The van der Waals surface area contributed by atoms with Gasteiger partial charge in [0.1, 0.15) is 0 Å². The lowest BCUT2D eigenvalue weighted by atomic mass is 10.0. The summed E-state index contributed by atoms with van der Waals surface area (Å²) in [6.07, 6.45) is 4.10. The van der Waals surface area contributed by atoms with E-state index in [0.29, 0.717) is 0 Å². The lowest BCUT2D eigenvalue weighted by Crippen LogP contribution is -2.44. The Morgan fingerprint density at radius 3 is 2.34 bits per heavy atom. The molecule has 0 radical (unpaired) electrons. The molecule has 6 heteroatoms. The van der Waals surface area contributed by atoms with Crippen LogP contribution in [0, 0.1) is 0 Å². The molecule has 1 saturated heterocycles. The number of carbonyl (C=O) groups excluding carboxylic acids is 1. The molecule has 0 unspecified atom stereocenters. The molecule has 32 heavy (non-hydrogen) atoms. The number of hydrogen-bond acceptors (Lipinski definition) is 5. The van der Waals surface area contributed by atoms with Gasteiger partial charge in [-0.2, -0.15) is 0 Å². The van der Waals surface area contributed by atoms with Crippen LogP contribution in [0.15, 0.2) is 65.6 Å². The van der Waals surface area contributed by atoms with Crippen molar-refractivity contribution in [1.29, 1.82) is 0 Å². The third-order valence-corrected chi connectivity index (χ3v) is 7.86. The van der Waals surface area contributed by atoms with Crippen LogP contribution >= 0.6 is 23.1 Å². The molecule has 0 spiro atoms. The van der Waals surface area contributed by atoms with Crippen molar-refractivity contribution >= 4 is 34.7 Å². The molecule has 4 rings (SSSR count). The van der Waals surface area contributed by atoms with Gasteiger partial charge in [0, 0.05) is 55.2 Å². The van der Waals surface area contributed by atoms with Crippen molar-refractivity contribution in [2.45, 2.75) is 30.3 Å². The predicted octanol–water partition coefficient (Wildman–Crippen LogP) is 5.60. The highest BCUT2D eigenvalue weighted by Crippen LogP contribution is 2.29. The van der Waals surface area contributed by atoms with E-state index in [-0.39, 0.29) is 11.9 Å². The van der Waals surface area contributed by atoms with E-state index in [1.54, 1.807) is 23.1 Å². The largest absolute Gasteiger partial charge is 0.378 e. The second kappa shape index (κ2) is 10.6. The van der Waals surface area contributed by atoms with Gasteiger partial charge in [0.25, 0.3) is 5.91 Å². The molecule has 0 bridgehead atoms. The number of thioether (sulfide) groups is 1. The van der Waals surface area contributed by atoms with Crippen molar-refractivity contribution in [2.75, 3.05) is 38.3 Å². The zero-order valence-electron chi connectivity index (χ0n) is 19.0. The number of thiophene rings is 1. The summed E-state index contributed by atoms with van der Waals surface area (Å²) < 4.78 is 0. The van der Waals surface area contributed by atoms with Gasteiger partial charge in [-0.1, -0.05) is 24.3 Å². The summed E-state index contributed by atoms with van der Waals surface area (Å²) in [6, 6.07) is 21.5. The van der Waals surface area contributed by atoms with Crippen LogP contribution in [0.5, 0.6) is 0 Å². The van der Waals surface area contributed by atoms with E-state index < -0.39 is 0 Å². The first-order valence-corrected chi connectivity index (χ1v) is 13.1. The zero-order chi connectivity index (χ0) is 22.5. The number of nitrogens with one attached hydrogen (secondary N) is 1. The summed E-state index contributed by atoms with van der Waals surface area (Å²) in [7, 11) is 4.08. The first-order chi connectivity index (χ1) is 15.5. The normalized spacial score (nSPS) is 15.0. The molecule has 0 aliphatic carbocycles. The number of amides is 1. The van der Waals surface area contributed by atoms with Gasteiger partial charge in [-0.25, -0.2) is 0 Å². The summed E-state index contributed by atoms with van der Waals surface area (Å²) in [6.45, 7) is 3.02. The molecule has 0 saturated carbocycles. The minimum Gasteiger partial charge on any atom is -0.378 e. The van der Waals surface area contributed by atoms with Crippen molar-refractivity contribution in [1.82, 2.24) is 10.2 Å². The summed E-state index contributed by atoms with van der Waals surface area (Å²) in [5.74, 6) is 0.0530. The number of hydrogen-bond donors (Lipinski definition) is 1. The van der Waals surface area contributed by atoms with E-state index in [2.05, 4.69) is 76.0 Å². The monoisotopic (exact) mass is 465 g/mol. The van der Waals surface area contributed by atoms with Crippen LogP contribution in [0.1, 0.15) is 28.1 Å². The van der Waals surface area contributed by atoms with Crippen molar-refractivity contribution in [3.8, 4) is 10.4 Å². The molecule has 1 fully saturated rings. The molecule has 1 aliphatic rings. The molecule has 1 N–H and O–H groups in total. The standard InChI is InChI=1S/C26H31N3OS2/c1-28(2)22-8-6-20(7-9-22)24-12-13-25(32-24)26(30)27-21-14-16-29(17-15-21)18-19-4-10-23(31-3)11-5-19/h4-13,21H,14-18H2,1-3H3,(H,27,30). The topological polar surface area (TPSA) is 35.6 Å². The Bertz CT molecular complexity index is 1020. The maximum atomic E-state index is 12.8. The van der Waals surface area contributed by atoms with Gasteiger partial charge >= 0.3 is 0 Å². The minimum absolute atomic E-state index is 0.0530. The van der Waals surface area contributed by atoms with Gasteiger partial charge in [0.2, 0.25) is 0 Å². The smallest absolute Gasteiger partial charge is 0.261 e. The molecule has 1 aromatic heterocycles. The second-order valence-corrected chi connectivity index (χ2v) is 10.4. The van der Waals surface area contributed by atoms with Crippen LogP contribution in [-0.4, -0.2) is 50.3 Å². The number of rotatable bonds is 7. The van der Waals surface area contributed by atoms with E-state index >= 15 is 0 Å². The van der Waals surface area contributed by atoms with Crippen molar-refractivity contribution in [3.05, 3.63) is 71.1 Å². The first-order valence-electron chi connectivity index (χ1n) is 11.1. The van der Waals surface area contributed by atoms with Gasteiger partial charge in [0.05, 0.1) is 4.88 Å². The molecule has 0 atom stereocenters. The first kappa shape index (κ1) is 22.9. The van der Waals surface area contributed by atoms with Crippen LogP contribution in [-0.2, 0) is 6.54 Å². The van der Waals surface area contributed by atoms with Crippen molar-refractivity contribution in [2.24, 2.45) is 0 Å². The van der Waals surface area contributed by atoms with Crippen LogP contribution < -0.4 is 10.2 Å². The molecule has 168 valence electrons. The lowest BCUT2D eigenvalue weighted by molar-refractivity contribution is 0.0913. The highest BCUT2D eigenvalue weighted by Gasteiger charge is 2.22. The summed E-state index contributed by atoms with van der Waals surface area (Å²) in [4.78, 5) is 20.6. The third-order valence-electron chi connectivity index (χ3n) is 5.99.